The average molecular weight is 247 g/mol. The maximum absolute atomic E-state index is 5.67. The van der Waals surface area contributed by atoms with Gasteiger partial charge in [-0.15, -0.1) is 0 Å². The number of rotatable bonds is 4. The Hall–Kier alpha value is -2.04. The Labute approximate surface area is 106 Å². The Bertz CT molecular complexity index is 535. The van der Waals surface area contributed by atoms with E-state index >= 15 is 0 Å². The highest BCUT2D eigenvalue weighted by Crippen LogP contribution is 2.21. The summed E-state index contributed by atoms with van der Waals surface area (Å²) < 4.78 is 10.7. The van der Waals surface area contributed by atoms with Gasteiger partial charge in [-0.1, -0.05) is 19.0 Å². The molecule has 0 bridgehead atoms. The third-order valence-electron chi connectivity index (χ3n) is 2.55. The number of hydrogen-bond acceptors (Lipinski definition) is 5. The first-order valence-electron chi connectivity index (χ1n) is 5.87. The van der Waals surface area contributed by atoms with Crippen LogP contribution in [0.1, 0.15) is 37.0 Å². The van der Waals surface area contributed by atoms with E-state index in [1.165, 1.54) is 0 Å². The van der Waals surface area contributed by atoms with Crippen LogP contribution >= 0.6 is 0 Å². The van der Waals surface area contributed by atoms with E-state index in [2.05, 4.69) is 10.1 Å². The van der Waals surface area contributed by atoms with Crippen LogP contribution in [0.4, 0.5) is 5.69 Å². The summed E-state index contributed by atoms with van der Waals surface area (Å²) in [5, 5.41) is 3.88. The molecule has 0 aliphatic heterocycles. The largest absolute Gasteiger partial charge is 0.483 e. The van der Waals surface area contributed by atoms with Crippen LogP contribution < -0.4 is 10.5 Å². The van der Waals surface area contributed by atoms with Crippen molar-refractivity contribution in [2.75, 3.05) is 5.73 Å². The third-order valence-corrected chi connectivity index (χ3v) is 2.55. The highest BCUT2D eigenvalue weighted by molar-refractivity contribution is 5.47. The van der Waals surface area contributed by atoms with Gasteiger partial charge in [0.15, 0.2) is 12.4 Å². The number of aryl methyl sites for hydroxylation is 1. The number of aromatic nitrogens is 2. The Morgan fingerprint density at radius 3 is 2.78 bits per heavy atom. The second kappa shape index (κ2) is 5.08. The molecule has 0 aliphatic carbocycles. The van der Waals surface area contributed by atoms with Gasteiger partial charge in [-0.25, -0.2) is 0 Å². The molecule has 96 valence electrons. The van der Waals surface area contributed by atoms with Crippen molar-refractivity contribution in [3.63, 3.8) is 0 Å². The van der Waals surface area contributed by atoms with Gasteiger partial charge in [0, 0.05) is 11.6 Å². The molecule has 1 aromatic heterocycles. The predicted molar refractivity (Wildman–Crippen MR) is 68.3 cm³/mol. The topological polar surface area (TPSA) is 74.2 Å². The van der Waals surface area contributed by atoms with Crippen LogP contribution in [0.5, 0.6) is 5.75 Å². The summed E-state index contributed by atoms with van der Waals surface area (Å²) in [6, 6.07) is 5.50. The molecule has 2 N–H and O–H groups in total. The molecule has 1 aromatic carbocycles. The number of nitrogen functional groups attached to an aromatic ring is 1. The van der Waals surface area contributed by atoms with Crippen molar-refractivity contribution in [1.29, 1.82) is 0 Å². The number of nitrogens with two attached hydrogens (primary N) is 1. The Kier molecular flexibility index (Phi) is 3.50. The van der Waals surface area contributed by atoms with E-state index in [-0.39, 0.29) is 12.5 Å². The van der Waals surface area contributed by atoms with E-state index in [4.69, 9.17) is 15.0 Å². The Morgan fingerprint density at radius 1 is 1.39 bits per heavy atom. The normalized spacial score (nSPS) is 10.9. The maximum atomic E-state index is 5.67. The van der Waals surface area contributed by atoms with Gasteiger partial charge in [-0.05, 0) is 30.7 Å². The maximum Gasteiger partial charge on any atom is 0.264 e. The molecule has 0 fully saturated rings. The first kappa shape index (κ1) is 12.4. The zero-order valence-electron chi connectivity index (χ0n) is 10.8. The van der Waals surface area contributed by atoms with E-state index in [0.717, 1.165) is 17.0 Å². The summed E-state index contributed by atoms with van der Waals surface area (Å²) in [6.07, 6.45) is 0. The molecule has 0 atom stereocenters. The van der Waals surface area contributed by atoms with Crippen molar-refractivity contribution >= 4 is 5.69 Å². The molecule has 5 nitrogen and oxygen atoms in total. The fourth-order valence-electron chi connectivity index (χ4n) is 1.54. The van der Waals surface area contributed by atoms with E-state index in [9.17, 15) is 0 Å². The minimum atomic E-state index is 0.251. The molecule has 18 heavy (non-hydrogen) atoms. The van der Waals surface area contributed by atoms with Crippen LogP contribution in [0.2, 0.25) is 0 Å². The molecule has 0 unspecified atom stereocenters. The zero-order chi connectivity index (χ0) is 13.1. The third kappa shape index (κ3) is 2.80. The molecule has 1 heterocycles. The van der Waals surface area contributed by atoms with Gasteiger partial charge in [0.25, 0.3) is 5.89 Å². The van der Waals surface area contributed by atoms with E-state index in [1.807, 2.05) is 32.9 Å². The molecule has 5 heteroatoms. The smallest absolute Gasteiger partial charge is 0.264 e. The lowest BCUT2D eigenvalue weighted by molar-refractivity contribution is 0.241. The highest BCUT2D eigenvalue weighted by Gasteiger charge is 2.10. The molecular weight excluding hydrogens is 230 g/mol. The molecule has 0 amide bonds. The van der Waals surface area contributed by atoms with Crippen molar-refractivity contribution < 1.29 is 9.26 Å². The Balaban J connectivity index is 2.02. The van der Waals surface area contributed by atoms with Gasteiger partial charge in [0.1, 0.15) is 5.75 Å². The second-order valence-corrected chi connectivity index (χ2v) is 4.51. The zero-order valence-corrected chi connectivity index (χ0v) is 10.8. The lowest BCUT2D eigenvalue weighted by Crippen LogP contribution is -1.98. The fourth-order valence-corrected chi connectivity index (χ4v) is 1.54. The van der Waals surface area contributed by atoms with Crippen molar-refractivity contribution in [2.45, 2.75) is 33.3 Å². The van der Waals surface area contributed by atoms with Gasteiger partial charge in [0.2, 0.25) is 0 Å². The van der Waals surface area contributed by atoms with Gasteiger partial charge >= 0.3 is 0 Å². The van der Waals surface area contributed by atoms with Crippen molar-refractivity contribution in [3.8, 4) is 5.75 Å². The van der Waals surface area contributed by atoms with Crippen molar-refractivity contribution in [1.82, 2.24) is 10.1 Å². The highest BCUT2D eigenvalue weighted by atomic mass is 16.5. The number of anilines is 1. The monoisotopic (exact) mass is 247 g/mol. The molecule has 0 radical (unpaired) electrons. The summed E-state index contributed by atoms with van der Waals surface area (Å²) in [5.74, 6) is 2.20. The molecule has 0 saturated heterocycles. The first-order valence-corrected chi connectivity index (χ1v) is 5.87. The van der Waals surface area contributed by atoms with E-state index < -0.39 is 0 Å². The summed E-state index contributed by atoms with van der Waals surface area (Å²) >= 11 is 0. The van der Waals surface area contributed by atoms with Crippen molar-refractivity contribution in [3.05, 3.63) is 35.5 Å². The first-order chi connectivity index (χ1) is 8.56. The van der Waals surface area contributed by atoms with Crippen LogP contribution in [0.3, 0.4) is 0 Å². The summed E-state index contributed by atoms with van der Waals surface area (Å²) in [6.45, 7) is 6.24. The van der Waals surface area contributed by atoms with Crippen LogP contribution in [0.15, 0.2) is 22.7 Å². The molecule has 0 spiro atoms. The van der Waals surface area contributed by atoms with Gasteiger partial charge in [-0.3, -0.25) is 0 Å². The molecule has 0 aliphatic rings. The van der Waals surface area contributed by atoms with E-state index in [1.54, 1.807) is 6.07 Å². The Morgan fingerprint density at radius 2 is 2.17 bits per heavy atom. The number of ether oxygens (including phenoxy) is 1. The summed E-state index contributed by atoms with van der Waals surface area (Å²) in [7, 11) is 0. The second-order valence-electron chi connectivity index (χ2n) is 4.51. The van der Waals surface area contributed by atoms with Crippen molar-refractivity contribution in [2.24, 2.45) is 0 Å². The summed E-state index contributed by atoms with van der Waals surface area (Å²) in [4.78, 5) is 4.24. The minimum Gasteiger partial charge on any atom is -0.483 e. The fraction of sp³-hybridized carbons (Fsp3) is 0.385. The number of hydrogen-bond donors (Lipinski definition) is 1. The van der Waals surface area contributed by atoms with Crippen LogP contribution in [-0.4, -0.2) is 10.1 Å². The predicted octanol–water partition coefficient (Wildman–Crippen LogP) is 2.66. The van der Waals surface area contributed by atoms with Crippen LogP contribution in [0.25, 0.3) is 0 Å². The lowest BCUT2D eigenvalue weighted by atomic mass is 10.2. The molecule has 2 aromatic rings. The van der Waals surface area contributed by atoms with E-state index in [0.29, 0.717) is 11.7 Å². The lowest BCUT2D eigenvalue weighted by Gasteiger charge is -2.07. The number of nitrogens with zero attached hydrogens (tertiary/aromatic N) is 2. The molecular formula is C13H17N3O2. The quantitative estimate of drug-likeness (QED) is 0.841. The molecule has 0 saturated carbocycles. The molecule has 2 rings (SSSR count). The van der Waals surface area contributed by atoms with Gasteiger partial charge < -0.3 is 15.0 Å². The van der Waals surface area contributed by atoms with Crippen LogP contribution in [0, 0.1) is 6.92 Å². The van der Waals surface area contributed by atoms with Gasteiger partial charge in [0.05, 0.1) is 0 Å². The SMILES string of the molecule is Cc1cc(N)ccc1OCc1nc(C(C)C)no1. The summed E-state index contributed by atoms with van der Waals surface area (Å²) in [5.41, 5.74) is 7.38. The van der Waals surface area contributed by atoms with Gasteiger partial charge in [-0.2, -0.15) is 4.98 Å². The standard InChI is InChI=1S/C13H17N3O2/c1-8(2)13-15-12(18-16-13)7-17-11-5-4-10(14)6-9(11)3/h4-6,8H,7,14H2,1-3H3. The minimum absolute atomic E-state index is 0.251. The average Bonchev–Trinajstić information content (AvgIpc) is 2.76. The van der Waals surface area contributed by atoms with Crippen LogP contribution in [-0.2, 0) is 6.61 Å². The number of benzene rings is 1.